The van der Waals surface area contributed by atoms with E-state index in [1.54, 1.807) is 0 Å². The van der Waals surface area contributed by atoms with Crippen LogP contribution < -0.4 is 10.6 Å². The number of carboxylic acids is 1. The molecule has 3 N–H and O–H groups in total. The molecule has 0 aromatic heterocycles. The zero-order valence-corrected chi connectivity index (χ0v) is 13.2. The number of rotatable bonds is 6. The lowest BCUT2D eigenvalue weighted by atomic mass is 9.72. The van der Waals surface area contributed by atoms with Gasteiger partial charge in [0, 0.05) is 12.1 Å². The monoisotopic (exact) mass is 296 g/mol. The summed E-state index contributed by atoms with van der Waals surface area (Å²) in [5, 5.41) is 15.1. The van der Waals surface area contributed by atoms with Crippen molar-refractivity contribution in [2.75, 3.05) is 6.54 Å². The van der Waals surface area contributed by atoms with Crippen LogP contribution in [0.25, 0.3) is 0 Å². The number of aliphatic carboxylic acids is 1. The van der Waals surface area contributed by atoms with Crippen molar-refractivity contribution < 1.29 is 14.7 Å². The number of hydrogen-bond acceptors (Lipinski definition) is 2. The van der Waals surface area contributed by atoms with Crippen LogP contribution >= 0.6 is 0 Å². The zero-order chi connectivity index (χ0) is 15.5. The molecular weight excluding hydrogens is 268 g/mol. The lowest BCUT2D eigenvalue weighted by Crippen LogP contribution is -2.52. The van der Waals surface area contributed by atoms with E-state index in [4.69, 9.17) is 5.11 Å². The molecular formula is C16H28N2O3. The highest BCUT2D eigenvalue weighted by molar-refractivity contribution is 5.75. The summed E-state index contributed by atoms with van der Waals surface area (Å²) in [6.07, 6.45) is 7.58. The smallest absolute Gasteiger partial charge is 0.315 e. The van der Waals surface area contributed by atoms with E-state index < -0.39 is 5.97 Å². The summed E-state index contributed by atoms with van der Waals surface area (Å²) in [6.45, 7) is 4.57. The Hall–Kier alpha value is -1.26. The van der Waals surface area contributed by atoms with Crippen LogP contribution in [-0.4, -0.2) is 29.2 Å². The fourth-order valence-electron chi connectivity index (χ4n) is 3.55. The van der Waals surface area contributed by atoms with Crippen molar-refractivity contribution in [2.24, 2.45) is 11.3 Å². The predicted molar refractivity (Wildman–Crippen MR) is 81.1 cm³/mol. The summed E-state index contributed by atoms with van der Waals surface area (Å²) in [4.78, 5) is 23.2. The molecule has 0 aromatic rings. The first kappa shape index (κ1) is 16.1. The Kier molecular flexibility index (Phi) is 4.79. The Balaban J connectivity index is 1.85. The minimum absolute atomic E-state index is 0.152. The largest absolute Gasteiger partial charge is 0.481 e. The normalized spacial score (nSPS) is 21.6. The van der Waals surface area contributed by atoms with Crippen molar-refractivity contribution >= 4 is 12.0 Å². The van der Waals surface area contributed by atoms with Gasteiger partial charge in [-0.3, -0.25) is 4.79 Å². The fraction of sp³-hybridized carbons (Fsp3) is 0.875. The highest BCUT2D eigenvalue weighted by Gasteiger charge is 2.39. The van der Waals surface area contributed by atoms with Crippen LogP contribution in [0.15, 0.2) is 0 Å². The van der Waals surface area contributed by atoms with Crippen molar-refractivity contribution in [3.63, 3.8) is 0 Å². The van der Waals surface area contributed by atoms with Gasteiger partial charge < -0.3 is 15.7 Å². The summed E-state index contributed by atoms with van der Waals surface area (Å²) in [7, 11) is 0. The molecule has 2 aliphatic carbocycles. The number of carboxylic acid groups (broad SMARTS) is 1. The summed E-state index contributed by atoms with van der Waals surface area (Å²) in [5.41, 5.74) is -0.429. The van der Waals surface area contributed by atoms with Crippen LogP contribution in [-0.2, 0) is 4.79 Å². The van der Waals surface area contributed by atoms with Gasteiger partial charge in [-0.1, -0.05) is 19.3 Å². The molecule has 2 fully saturated rings. The van der Waals surface area contributed by atoms with Gasteiger partial charge in [-0.15, -0.1) is 0 Å². The number of carbonyl (C=O) groups excluding carboxylic acids is 1. The fourth-order valence-corrected chi connectivity index (χ4v) is 3.55. The van der Waals surface area contributed by atoms with Crippen molar-refractivity contribution in [3.05, 3.63) is 0 Å². The van der Waals surface area contributed by atoms with Crippen molar-refractivity contribution in [1.29, 1.82) is 0 Å². The lowest BCUT2D eigenvalue weighted by Gasteiger charge is -2.36. The van der Waals surface area contributed by atoms with E-state index in [-0.39, 0.29) is 23.4 Å². The van der Waals surface area contributed by atoms with Gasteiger partial charge in [0.25, 0.3) is 0 Å². The summed E-state index contributed by atoms with van der Waals surface area (Å²) >= 11 is 0. The first-order valence-electron chi connectivity index (χ1n) is 8.11. The van der Waals surface area contributed by atoms with E-state index in [9.17, 15) is 9.59 Å². The Morgan fingerprint density at radius 2 is 1.81 bits per heavy atom. The van der Waals surface area contributed by atoms with Gasteiger partial charge in [0.1, 0.15) is 0 Å². The van der Waals surface area contributed by atoms with Crippen LogP contribution in [0.4, 0.5) is 4.79 Å². The van der Waals surface area contributed by atoms with Gasteiger partial charge in [-0.25, -0.2) is 4.79 Å². The van der Waals surface area contributed by atoms with Crippen LogP contribution in [0.5, 0.6) is 0 Å². The van der Waals surface area contributed by atoms with E-state index in [0.29, 0.717) is 12.5 Å². The molecule has 0 saturated heterocycles. The maximum atomic E-state index is 12.1. The van der Waals surface area contributed by atoms with Gasteiger partial charge in [-0.05, 0) is 50.9 Å². The predicted octanol–water partition coefficient (Wildman–Crippen LogP) is 2.90. The Morgan fingerprint density at radius 1 is 1.19 bits per heavy atom. The maximum Gasteiger partial charge on any atom is 0.315 e. The van der Waals surface area contributed by atoms with Crippen molar-refractivity contribution in [2.45, 2.75) is 70.8 Å². The van der Waals surface area contributed by atoms with E-state index in [0.717, 1.165) is 25.7 Å². The molecule has 0 atom stereocenters. The van der Waals surface area contributed by atoms with Crippen LogP contribution in [0.1, 0.15) is 65.2 Å². The Morgan fingerprint density at radius 3 is 2.33 bits per heavy atom. The second-order valence-corrected chi connectivity index (χ2v) is 7.43. The third kappa shape index (κ3) is 4.61. The molecule has 0 heterocycles. The highest BCUT2D eigenvalue weighted by Crippen LogP contribution is 2.40. The summed E-state index contributed by atoms with van der Waals surface area (Å²) in [5.74, 6) is -0.191. The molecule has 2 rings (SSSR count). The van der Waals surface area contributed by atoms with E-state index in [1.807, 2.05) is 0 Å². The molecule has 0 aliphatic heterocycles. The SMILES string of the molecule is CC(C)(NC(=O)NCC1(CC(=O)O)CCCCC1)C1CC1. The third-order valence-corrected chi connectivity index (χ3v) is 5.10. The average molecular weight is 296 g/mol. The zero-order valence-electron chi connectivity index (χ0n) is 13.2. The van der Waals surface area contributed by atoms with Gasteiger partial charge in [0.15, 0.2) is 0 Å². The number of nitrogens with one attached hydrogen (secondary N) is 2. The molecule has 0 unspecified atom stereocenters. The minimum atomic E-state index is -0.766. The molecule has 2 amide bonds. The van der Waals surface area contributed by atoms with E-state index in [2.05, 4.69) is 24.5 Å². The molecule has 0 bridgehead atoms. The molecule has 5 heteroatoms. The number of amides is 2. The lowest BCUT2D eigenvalue weighted by molar-refractivity contribution is -0.140. The Bertz CT molecular complexity index is 396. The van der Waals surface area contributed by atoms with E-state index in [1.165, 1.54) is 19.3 Å². The number of urea groups is 1. The molecule has 0 radical (unpaired) electrons. The van der Waals surface area contributed by atoms with Gasteiger partial charge in [-0.2, -0.15) is 0 Å². The first-order valence-corrected chi connectivity index (χ1v) is 8.11. The first-order chi connectivity index (χ1) is 9.83. The third-order valence-electron chi connectivity index (χ3n) is 5.10. The molecule has 21 heavy (non-hydrogen) atoms. The van der Waals surface area contributed by atoms with Crippen LogP contribution in [0.2, 0.25) is 0 Å². The molecule has 0 aromatic carbocycles. The summed E-state index contributed by atoms with van der Waals surface area (Å²) < 4.78 is 0. The van der Waals surface area contributed by atoms with Gasteiger partial charge in [0.2, 0.25) is 0 Å². The van der Waals surface area contributed by atoms with Crippen LogP contribution in [0, 0.1) is 11.3 Å². The van der Waals surface area contributed by atoms with Gasteiger partial charge in [0.05, 0.1) is 6.42 Å². The van der Waals surface area contributed by atoms with Crippen molar-refractivity contribution in [1.82, 2.24) is 10.6 Å². The van der Waals surface area contributed by atoms with E-state index >= 15 is 0 Å². The molecule has 0 spiro atoms. The van der Waals surface area contributed by atoms with Crippen LogP contribution in [0.3, 0.4) is 0 Å². The molecule has 2 saturated carbocycles. The average Bonchev–Trinajstić information content (AvgIpc) is 3.21. The molecule has 5 nitrogen and oxygen atoms in total. The maximum absolute atomic E-state index is 12.1. The highest BCUT2D eigenvalue weighted by atomic mass is 16.4. The Labute approximate surface area is 126 Å². The molecule has 2 aliphatic rings. The number of hydrogen-bond donors (Lipinski definition) is 3. The van der Waals surface area contributed by atoms with Crippen molar-refractivity contribution in [3.8, 4) is 0 Å². The number of carbonyl (C=O) groups is 2. The minimum Gasteiger partial charge on any atom is -0.481 e. The standard InChI is InChI=1S/C16H28N2O3/c1-15(2,12-6-7-12)18-14(21)17-11-16(10-13(19)20)8-4-3-5-9-16/h12H,3-11H2,1-2H3,(H,19,20)(H2,17,18,21). The topological polar surface area (TPSA) is 78.4 Å². The second-order valence-electron chi connectivity index (χ2n) is 7.43. The van der Waals surface area contributed by atoms with Gasteiger partial charge >= 0.3 is 12.0 Å². The quantitative estimate of drug-likeness (QED) is 0.705. The summed E-state index contributed by atoms with van der Waals surface area (Å²) in [6, 6.07) is -0.165. The second kappa shape index (κ2) is 6.24. The molecule has 120 valence electrons.